The molecule has 2 aromatic rings. The van der Waals surface area contributed by atoms with E-state index in [1.165, 1.54) is 5.01 Å². The topological polar surface area (TPSA) is 90.9 Å². The molecule has 7 heteroatoms. The Labute approximate surface area is 171 Å². The standard InChI is InChI=1S/C22H29N3O4/c1-3-14-23-22(28)25(16-18-7-4-8-20(15-18)29-2)24-21(27)9-5-6-17-10-12-19(26)13-11-17/h4,7-8,10-13,15,26H,3,5-6,9,14,16H2,1-2H3,(H,23,28)(H,24,27). The Hall–Kier alpha value is -3.22. The molecule has 0 unspecified atom stereocenters. The lowest BCUT2D eigenvalue weighted by atomic mass is 10.1. The van der Waals surface area contributed by atoms with E-state index in [0.717, 1.165) is 17.5 Å². The Morgan fingerprint density at radius 3 is 2.55 bits per heavy atom. The van der Waals surface area contributed by atoms with E-state index in [1.54, 1.807) is 19.2 Å². The number of aromatic hydroxyl groups is 1. The van der Waals surface area contributed by atoms with Crippen LogP contribution in [0.2, 0.25) is 0 Å². The van der Waals surface area contributed by atoms with Gasteiger partial charge in [-0.25, -0.2) is 9.80 Å². The van der Waals surface area contributed by atoms with E-state index in [0.29, 0.717) is 25.1 Å². The predicted octanol–water partition coefficient (Wildman–Crippen LogP) is 3.38. The van der Waals surface area contributed by atoms with Crippen molar-refractivity contribution in [2.24, 2.45) is 0 Å². The molecule has 0 aliphatic rings. The number of nitrogens with zero attached hydrogens (tertiary/aromatic N) is 1. The first-order valence-corrected chi connectivity index (χ1v) is 9.77. The third kappa shape index (κ3) is 7.73. The van der Waals surface area contributed by atoms with Gasteiger partial charge in [0.25, 0.3) is 0 Å². The molecule has 3 N–H and O–H groups in total. The predicted molar refractivity (Wildman–Crippen MR) is 111 cm³/mol. The highest BCUT2D eigenvalue weighted by molar-refractivity contribution is 5.81. The normalized spacial score (nSPS) is 10.3. The maximum Gasteiger partial charge on any atom is 0.336 e. The summed E-state index contributed by atoms with van der Waals surface area (Å²) in [5.74, 6) is 0.688. The summed E-state index contributed by atoms with van der Waals surface area (Å²) in [7, 11) is 1.58. The lowest BCUT2D eigenvalue weighted by Crippen LogP contribution is -2.50. The van der Waals surface area contributed by atoms with Crippen molar-refractivity contribution in [3.05, 3.63) is 59.7 Å². The third-order valence-electron chi connectivity index (χ3n) is 4.31. The molecule has 3 amide bonds. The number of methoxy groups -OCH3 is 1. The van der Waals surface area contributed by atoms with Crippen molar-refractivity contribution < 1.29 is 19.4 Å². The van der Waals surface area contributed by atoms with Crippen LogP contribution in [0.25, 0.3) is 0 Å². The van der Waals surface area contributed by atoms with Gasteiger partial charge in [0.15, 0.2) is 0 Å². The Morgan fingerprint density at radius 1 is 1.10 bits per heavy atom. The highest BCUT2D eigenvalue weighted by Gasteiger charge is 2.16. The molecular formula is C22H29N3O4. The quantitative estimate of drug-likeness (QED) is 0.564. The summed E-state index contributed by atoms with van der Waals surface area (Å²) in [5.41, 5.74) is 4.60. The summed E-state index contributed by atoms with van der Waals surface area (Å²) in [6, 6.07) is 14.0. The first-order valence-electron chi connectivity index (χ1n) is 9.77. The number of nitrogens with one attached hydrogen (secondary N) is 2. The highest BCUT2D eigenvalue weighted by Crippen LogP contribution is 2.14. The molecule has 0 atom stereocenters. The van der Waals surface area contributed by atoms with Gasteiger partial charge in [-0.3, -0.25) is 10.2 Å². The van der Waals surface area contributed by atoms with E-state index in [4.69, 9.17) is 4.74 Å². The van der Waals surface area contributed by atoms with Crippen LogP contribution in [-0.2, 0) is 17.8 Å². The first-order chi connectivity index (χ1) is 14.0. The van der Waals surface area contributed by atoms with Crippen molar-refractivity contribution in [2.75, 3.05) is 13.7 Å². The molecule has 2 rings (SSSR count). The largest absolute Gasteiger partial charge is 0.508 e. The van der Waals surface area contributed by atoms with Gasteiger partial charge in [0, 0.05) is 13.0 Å². The van der Waals surface area contributed by atoms with Crippen LogP contribution < -0.4 is 15.5 Å². The van der Waals surface area contributed by atoms with Crippen LogP contribution >= 0.6 is 0 Å². The number of hydrogen-bond acceptors (Lipinski definition) is 4. The third-order valence-corrected chi connectivity index (χ3v) is 4.31. The van der Waals surface area contributed by atoms with Gasteiger partial charge in [-0.15, -0.1) is 0 Å². The van der Waals surface area contributed by atoms with Gasteiger partial charge in [-0.2, -0.15) is 0 Å². The summed E-state index contributed by atoms with van der Waals surface area (Å²) in [6.07, 6.45) is 2.45. The minimum atomic E-state index is -0.346. The summed E-state index contributed by atoms with van der Waals surface area (Å²) in [4.78, 5) is 24.9. The van der Waals surface area contributed by atoms with Crippen LogP contribution in [0.15, 0.2) is 48.5 Å². The first kappa shape index (κ1) is 22.1. The zero-order chi connectivity index (χ0) is 21.1. The molecule has 0 bridgehead atoms. The molecule has 0 heterocycles. The Bertz CT molecular complexity index is 793. The van der Waals surface area contributed by atoms with Crippen LogP contribution in [0.4, 0.5) is 4.79 Å². The van der Waals surface area contributed by atoms with E-state index in [-0.39, 0.29) is 30.7 Å². The second-order valence-electron chi connectivity index (χ2n) is 6.72. The molecular weight excluding hydrogens is 370 g/mol. The molecule has 0 saturated carbocycles. The Kier molecular flexibility index (Phi) is 8.82. The number of benzene rings is 2. The number of rotatable bonds is 9. The molecule has 0 aliphatic heterocycles. The van der Waals surface area contributed by atoms with E-state index in [9.17, 15) is 14.7 Å². The summed E-state index contributed by atoms with van der Waals surface area (Å²) < 4.78 is 5.22. The van der Waals surface area contributed by atoms with E-state index in [1.807, 2.05) is 43.3 Å². The molecule has 29 heavy (non-hydrogen) atoms. The lowest BCUT2D eigenvalue weighted by Gasteiger charge is -2.24. The number of carbonyl (C=O) groups excluding carboxylic acids is 2. The summed E-state index contributed by atoms with van der Waals surface area (Å²) >= 11 is 0. The second-order valence-corrected chi connectivity index (χ2v) is 6.72. The van der Waals surface area contributed by atoms with Crippen molar-refractivity contribution in [2.45, 2.75) is 39.2 Å². The number of aryl methyl sites for hydroxylation is 1. The van der Waals surface area contributed by atoms with Crippen LogP contribution in [0, 0.1) is 0 Å². The van der Waals surface area contributed by atoms with Crippen molar-refractivity contribution in [1.82, 2.24) is 15.8 Å². The van der Waals surface area contributed by atoms with Gasteiger partial charge in [-0.05, 0) is 54.7 Å². The van der Waals surface area contributed by atoms with E-state index in [2.05, 4.69) is 10.7 Å². The second kappa shape index (κ2) is 11.6. The van der Waals surface area contributed by atoms with Crippen LogP contribution in [0.5, 0.6) is 11.5 Å². The molecule has 0 spiro atoms. The molecule has 0 aliphatic carbocycles. The molecule has 0 aromatic heterocycles. The molecule has 2 aromatic carbocycles. The number of phenolic OH excluding ortho intramolecular Hbond substituents is 1. The molecule has 0 radical (unpaired) electrons. The fraction of sp³-hybridized carbons (Fsp3) is 0.364. The maximum absolute atomic E-state index is 12.5. The number of amides is 3. The van der Waals surface area contributed by atoms with Gasteiger partial charge in [0.2, 0.25) is 5.91 Å². The van der Waals surface area contributed by atoms with Crippen molar-refractivity contribution in [1.29, 1.82) is 0 Å². The molecule has 0 fully saturated rings. The van der Waals surface area contributed by atoms with E-state index >= 15 is 0 Å². The Morgan fingerprint density at radius 2 is 1.86 bits per heavy atom. The Balaban J connectivity index is 1.93. The summed E-state index contributed by atoms with van der Waals surface area (Å²) in [6.45, 7) is 2.73. The zero-order valence-electron chi connectivity index (χ0n) is 17.0. The number of carbonyl (C=O) groups is 2. The van der Waals surface area contributed by atoms with E-state index < -0.39 is 0 Å². The number of phenols is 1. The highest BCUT2D eigenvalue weighted by atomic mass is 16.5. The fourth-order valence-electron chi connectivity index (χ4n) is 2.76. The number of ether oxygens (including phenoxy) is 1. The molecule has 0 saturated heterocycles. The number of hydrazine groups is 1. The van der Waals surface area contributed by atoms with Gasteiger partial charge in [-0.1, -0.05) is 31.2 Å². The van der Waals surface area contributed by atoms with Gasteiger partial charge in [0.05, 0.1) is 13.7 Å². The van der Waals surface area contributed by atoms with Crippen LogP contribution in [0.1, 0.15) is 37.3 Å². The maximum atomic E-state index is 12.5. The SMILES string of the molecule is CCCNC(=O)N(Cc1cccc(OC)c1)NC(=O)CCCc1ccc(O)cc1. The minimum absolute atomic E-state index is 0.220. The molecule has 156 valence electrons. The monoisotopic (exact) mass is 399 g/mol. The number of hydrogen-bond donors (Lipinski definition) is 3. The van der Waals surface area contributed by atoms with Crippen LogP contribution in [-0.4, -0.2) is 35.7 Å². The number of urea groups is 1. The average Bonchev–Trinajstić information content (AvgIpc) is 2.73. The summed E-state index contributed by atoms with van der Waals surface area (Å²) in [5, 5.41) is 13.4. The van der Waals surface area contributed by atoms with Crippen molar-refractivity contribution in [3.8, 4) is 11.5 Å². The van der Waals surface area contributed by atoms with Crippen molar-refractivity contribution in [3.63, 3.8) is 0 Å². The minimum Gasteiger partial charge on any atom is -0.508 e. The zero-order valence-corrected chi connectivity index (χ0v) is 17.0. The smallest absolute Gasteiger partial charge is 0.336 e. The van der Waals surface area contributed by atoms with Gasteiger partial charge < -0.3 is 15.2 Å². The van der Waals surface area contributed by atoms with Crippen LogP contribution in [0.3, 0.4) is 0 Å². The van der Waals surface area contributed by atoms with Crippen molar-refractivity contribution >= 4 is 11.9 Å². The van der Waals surface area contributed by atoms with Gasteiger partial charge >= 0.3 is 6.03 Å². The lowest BCUT2D eigenvalue weighted by molar-refractivity contribution is -0.125. The average molecular weight is 399 g/mol. The molecule has 7 nitrogen and oxygen atoms in total. The van der Waals surface area contributed by atoms with Gasteiger partial charge in [0.1, 0.15) is 11.5 Å². The fourth-order valence-corrected chi connectivity index (χ4v) is 2.76.